The number of nitrogens with zero attached hydrogens (tertiary/aromatic N) is 3. The minimum Gasteiger partial charge on any atom is -0.384 e. The molecule has 62 valence electrons. The van der Waals surface area contributed by atoms with Gasteiger partial charge in [0.25, 0.3) is 0 Å². The number of nitrogens with one attached hydrogen (secondary N) is 1. The Bertz CT molecular complexity index is 303. The molecule has 0 radical (unpaired) electrons. The van der Waals surface area contributed by atoms with Crippen LogP contribution in [0.2, 0.25) is 0 Å². The molecule has 0 saturated carbocycles. The minimum atomic E-state index is 0.423. The maximum Gasteiger partial charge on any atom is 0.199 e. The summed E-state index contributed by atoms with van der Waals surface area (Å²) < 4.78 is 0. The first kappa shape index (κ1) is 8.14. The Morgan fingerprint density at radius 2 is 2.42 bits per heavy atom. The zero-order valence-electron chi connectivity index (χ0n) is 6.65. The first-order valence-corrected chi connectivity index (χ1v) is 3.35. The molecule has 1 heterocycles. The molecule has 0 fully saturated rings. The third-order valence-corrected chi connectivity index (χ3v) is 1.20. The first-order valence-electron chi connectivity index (χ1n) is 3.35. The first-order chi connectivity index (χ1) is 5.72. The van der Waals surface area contributed by atoms with E-state index >= 15 is 0 Å². The van der Waals surface area contributed by atoms with Crippen LogP contribution >= 0.6 is 0 Å². The van der Waals surface area contributed by atoms with Crippen LogP contribution in [0.5, 0.6) is 0 Å². The second-order valence-electron chi connectivity index (χ2n) is 2.22. The Morgan fingerprint density at radius 3 is 3.00 bits per heavy atom. The lowest BCUT2D eigenvalue weighted by Gasteiger charge is -2.10. The van der Waals surface area contributed by atoms with Crippen molar-refractivity contribution in [2.24, 2.45) is 0 Å². The Labute approximate surface area is 70.4 Å². The minimum absolute atomic E-state index is 0.423. The monoisotopic (exact) mass is 163 g/mol. The van der Waals surface area contributed by atoms with Crippen LogP contribution in [0.15, 0.2) is 18.2 Å². The summed E-state index contributed by atoms with van der Waals surface area (Å²) in [5.41, 5.74) is 8.14. The maximum atomic E-state index is 8.42. The summed E-state index contributed by atoms with van der Waals surface area (Å²) in [6.07, 6.45) is 1.87. The topological polar surface area (TPSA) is 78.0 Å². The molecule has 0 aromatic carbocycles. The van der Waals surface area contributed by atoms with Gasteiger partial charge in [-0.15, -0.1) is 0 Å². The molecular formula is C7H9N5. The molecule has 1 rings (SSSR count). The number of hydrogen-bond donors (Lipinski definition) is 2. The van der Waals surface area contributed by atoms with E-state index in [2.05, 4.69) is 10.4 Å². The Kier molecular flexibility index (Phi) is 2.33. The van der Waals surface area contributed by atoms with Crippen LogP contribution in [0.3, 0.4) is 0 Å². The van der Waals surface area contributed by atoms with Gasteiger partial charge < -0.3 is 5.73 Å². The fraction of sp³-hybridized carbons (Fsp3) is 0.143. The molecule has 0 amide bonds. The van der Waals surface area contributed by atoms with Crippen molar-refractivity contribution in [3.63, 3.8) is 0 Å². The molecule has 0 aliphatic rings. The summed E-state index contributed by atoms with van der Waals surface area (Å²) in [4.78, 5) is 3.93. The molecular weight excluding hydrogens is 154 g/mol. The molecule has 5 heteroatoms. The highest BCUT2D eigenvalue weighted by Gasteiger charge is 1.95. The number of anilines is 2. The van der Waals surface area contributed by atoms with Gasteiger partial charge in [-0.05, 0) is 12.1 Å². The number of hydrazine groups is 1. The number of hydrogen-bond acceptors (Lipinski definition) is 5. The van der Waals surface area contributed by atoms with E-state index < -0.39 is 0 Å². The standard InChI is InChI=1S/C7H9N5/c1-12(5-8)11-7-4-2-3-6(9)10-7/h2-4H,1H3,(H3,9,10,11). The van der Waals surface area contributed by atoms with Crippen LogP contribution < -0.4 is 11.2 Å². The van der Waals surface area contributed by atoms with Crippen LogP contribution in [-0.2, 0) is 0 Å². The van der Waals surface area contributed by atoms with E-state index in [1.807, 2.05) is 6.19 Å². The molecule has 0 bridgehead atoms. The molecule has 0 spiro atoms. The molecule has 1 aromatic heterocycles. The van der Waals surface area contributed by atoms with E-state index in [1.165, 1.54) is 5.01 Å². The fourth-order valence-electron chi connectivity index (χ4n) is 0.711. The zero-order chi connectivity index (χ0) is 8.97. The van der Waals surface area contributed by atoms with Gasteiger partial charge in [0, 0.05) is 7.05 Å². The summed E-state index contributed by atoms with van der Waals surface area (Å²) in [5.74, 6) is 0.977. The van der Waals surface area contributed by atoms with Crippen molar-refractivity contribution >= 4 is 11.6 Å². The van der Waals surface area contributed by atoms with E-state index in [9.17, 15) is 0 Å². The fourth-order valence-corrected chi connectivity index (χ4v) is 0.711. The maximum absolute atomic E-state index is 8.42. The molecule has 0 atom stereocenters. The largest absolute Gasteiger partial charge is 0.384 e. The van der Waals surface area contributed by atoms with Crippen molar-refractivity contribution in [2.75, 3.05) is 18.2 Å². The number of nitrogen functional groups attached to an aromatic ring is 1. The Balaban J connectivity index is 2.71. The third-order valence-electron chi connectivity index (χ3n) is 1.20. The average molecular weight is 163 g/mol. The number of nitriles is 1. The third kappa shape index (κ3) is 2.02. The van der Waals surface area contributed by atoms with Crippen LogP contribution in [0, 0.1) is 11.5 Å². The Morgan fingerprint density at radius 1 is 1.67 bits per heavy atom. The van der Waals surface area contributed by atoms with E-state index in [0.717, 1.165) is 0 Å². The predicted molar refractivity (Wildman–Crippen MR) is 45.6 cm³/mol. The van der Waals surface area contributed by atoms with Crippen molar-refractivity contribution in [3.8, 4) is 6.19 Å². The lowest BCUT2D eigenvalue weighted by Crippen LogP contribution is -2.19. The van der Waals surface area contributed by atoms with Crippen LogP contribution in [-0.4, -0.2) is 17.0 Å². The number of nitrogens with two attached hydrogens (primary N) is 1. The molecule has 12 heavy (non-hydrogen) atoms. The summed E-state index contributed by atoms with van der Waals surface area (Å²) in [6.45, 7) is 0. The number of aromatic nitrogens is 1. The SMILES string of the molecule is CN(C#N)Nc1cccc(N)n1. The van der Waals surface area contributed by atoms with Crippen LogP contribution in [0.25, 0.3) is 0 Å². The second-order valence-corrected chi connectivity index (χ2v) is 2.22. The molecule has 5 nitrogen and oxygen atoms in total. The van der Waals surface area contributed by atoms with Gasteiger partial charge >= 0.3 is 0 Å². The summed E-state index contributed by atoms with van der Waals surface area (Å²) in [7, 11) is 1.59. The lowest BCUT2D eigenvalue weighted by atomic mass is 10.4. The van der Waals surface area contributed by atoms with Crippen molar-refractivity contribution in [3.05, 3.63) is 18.2 Å². The zero-order valence-corrected chi connectivity index (χ0v) is 6.65. The van der Waals surface area contributed by atoms with Crippen molar-refractivity contribution < 1.29 is 0 Å². The molecule has 0 saturated heterocycles. The van der Waals surface area contributed by atoms with Gasteiger partial charge in [-0.3, -0.25) is 5.43 Å². The summed E-state index contributed by atoms with van der Waals surface area (Å²) in [5, 5.41) is 9.66. The van der Waals surface area contributed by atoms with E-state index in [1.54, 1.807) is 25.2 Å². The van der Waals surface area contributed by atoms with Gasteiger partial charge in [0.1, 0.15) is 11.6 Å². The molecule has 0 aliphatic carbocycles. The number of rotatable bonds is 2. The van der Waals surface area contributed by atoms with Gasteiger partial charge in [-0.1, -0.05) is 6.07 Å². The summed E-state index contributed by atoms with van der Waals surface area (Å²) >= 11 is 0. The van der Waals surface area contributed by atoms with Gasteiger partial charge in [-0.25, -0.2) is 9.99 Å². The summed E-state index contributed by atoms with van der Waals surface area (Å²) in [6, 6.07) is 5.16. The van der Waals surface area contributed by atoms with Crippen molar-refractivity contribution in [1.82, 2.24) is 9.99 Å². The highest BCUT2D eigenvalue weighted by atomic mass is 15.5. The highest BCUT2D eigenvalue weighted by molar-refractivity contribution is 5.41. The van der Waals surface area contributed by atoms with Crippen LogP contribution in [0.1, 0.15) is 0 Å². The lowest BCUT2D eigenvalue weighted by molar-refractivity contribution is 0.569. The Hall–Kier alpha value is -1.96. The number of pyridine rings is 1. The molecule has 3 N–H and O–H groups in total. The average Bonchev–Trinajstić information content (AvgIpc) is 2.04. The highest BCUT2D eigenvalue weighted by Crippen LogP contribution is 2.05. The molecule has 0 aliphatic heterocycles. The van der Waals surface area contributed by atoms with Gasteiger partial charge in [0.05, 0.1) is 0 Å². The van der Waals surface area contributed by atoms with Crippen LogP contribution in [0.4, 0.5) is 11.6 Å². The van der Waals surface area contributed by atoms with E-state index in [-0.39, 0.29) is 0 Å². The van der Waals surface area contributed by atoms with Gasteiger partial charge in [0.2, 0.25) is 0 Å². The van der Waals surface area contributed by atoms with Crippen molar-refractivity contribution in [2.45, 2.75) is 0 Å². The van der Waals surface area contributed by atoms with Gasteiger partial charge in [-0.2, -0.15) is 5.26 Å². The second kappa shape index (κ2) is 3.44. The van der Waals surface area contributed by atoms with E-state index in [4.69, 9.17) is 11.0 Å². The van der Waals surface area contributed by atoms with E-state index in [0.29, 0.717) is 11.6 Å². The predicted octanol–water partition coefficient (Wildman–Crippen LogP) is 0.404. The smallest absolute Gasteiger partial charge is 0.199 e. The quantitative estimate of drug-likeness (QED) is 0.375. The normalized spacial score (nSPS) is 8.67. The molecule has 0 unspecified atom stereocenters. The van der Waals surface area contributed by atoms with Crippen molar-refractivity contribution in [1.29, 1.82) is 5.26 Å². The molecule has 1 aromatic rings. The van der Waals surface area contributed by atoms with Gasteiger partial charge in [0.15, 0.2) is 6.19 Å².